The van der Waals surface area contributed by atoms with Crippen LogP contribution in [0.5, 0.6) is 0 Å². The van der Waals surface area contributed by atoms with Gasteiger partial charge in [0.25, 0.3) is 0 Å². The van der Waals surface area contributed by atoms with Crippen molar-refractivity contribution < 1.29 is 9.53 Å². The first kappa shape index (κ1) is 22.1. The molecule has 4 rings (SSSR count). The van der Waals surface area contributed by atoms with Gasteiger partial charge < -0.3 is 31.7 Å². The number of carbonyl (C=O) groups is 1. The zero-order chi connectivity index (χ0) is 22.5. The molecule has 1 unspecified atom stereocenters. The zero-order valence-electron chi connectivity index (χ0n) is 18.8. The van der Waals surface area contributed by atoms with E-state index in [1.807, 2.05) is 60.4 Å². The molecular formula is C25H35N5O2. The fraction of sp³-hybridized carbons (Fsp3) is 0.480. The Labute approximate surface area is 190 Å². The normalized spacial score (nSPS) is 25.3. The Kier molecular flexibility index (Phi) is 6.93. The summed E-state index contributed by atoms with van der Waals surface area (Å²) in [6.45, 7) is 2.98. The van der Waals surface area contributed by atoms with Gasteiger partial charge in [-0.15, -0.1) is 0 Å². The maximum atomic E-state index is 12.7. The minimum Gasteiger partial charge on any atom is -0.450 e. The van der Waals surface area contributed by atoms with Crippen LogP contribution in [0.15, 0.2) is 48.5 Å². The fourth-order valence-electron chi connectivity index (χ4n) is 5.19. The van der Waals surface area contributed by atoms with Crippen LogP contribution in [0.4, 0.5) is 27.5 Å². The van der Waals surface area contributed by atoms with Crippen LogP contribution in [0, 0.1) is 5.92 Å². The van der Waals surface area contributed by atoms with Crippen LogP contribution in [0.3, 0.4) is 0 Å². The molecule has 2 aliphatic rings. The van der Waals surface area contributed by atoms with Crippen LogP contribution in [-0.2, 0) is 4.74 Å². The van der Waals surface area contributed by atoms with Gasteiger partial charge in [0.05, 0.1) is 12.6 Å². The summed E-state index contributed by atoms with van der Waals surface area (Å²) >= 11 is 0. The first-order valence-electron chi connectivity index (χ1n) is 11.7. The van der Waals surface area contributed by atoms with E-state index in [9.17, 15) is 4.79 Å². The lowest BCUT2D eigenvalue weighted by atomic mass is 9.79. The summed E-state index contributed by atoms with van der Waals surface area (Å²) in [5.74, 6) is 0.442. The smallest absolute Gasteiger partial charge is 0.410 e. The molecule has 2 fully saturated rings. The second-order valence-corrected chi connectivity index (χ2v) is 8.92. The minimum atomic E-state index is -0.193. The van der Waals surface area contributed by atoms with Crippen molar-refractivity contribution in [3.8, 4) is 0 Å². The lowest BCUT2D eigenvalue weighted by Gasteiger charge is -2.39. The molecule has 1 amide bonds. The van der Waals surface area contributed by atoms with Gasteiger partial charge in [-0.05, 0) is 93.5 Å². The van der Waals surface area contributed by atoms with E-state index in [1.165, 1.54) is 0 Å². The summed E-state index contributed by atoms with van der Waals surface area (Å²) in [4.78, 5) is 14.7. The molecule has 0 aromatic heterocycles. The maximum absolute atomic E-state index is 12.7. The summed E-state index contributed by atoms with van der Waals surface area (Å²) in [7, 11) is 0. The Balaban J connectivity index is 1.42. The summed E-state index contributed by atoms with van der Waals surface area (Å²) < 4.78 is 5.39. The van der Waals surface area contributed by atoms with Crippen molar-refractivity contribution in [3.05, 3.63) is 48.5 Å². The monoisotopic (exact) mass is 437 g/mol. The topological polar surface area (TPSA) is 106 Å². The van der Waals surface area contributed by atoms with Crippen LogP contribution in [0.1, 0.15) is 39.0 Å². The zero-order valence-corrected chi connectivity index (χ0v) is 18.8. The minimum absolute atomic E-state index is 0.129. The SMILES string of the molecule is CCOC(=O)N1CCC(Nc2ccc(N)cc2)[C@@H]1C1CCC(Nc2ccc(N)cc2)CC1. The molecular weight excluding hydrogens is 402 g/mol. The second-order valence-electron chi connectivity index (χ2n) is 8.92. The van der Waals surface area contributed by atoms with Gasteiger partial charge in [-0.25, -0.2) is 4.79 Å². The molecule has 7 heteroatoms. The molecule has 6 N–H and O–H groups in total. The molecule has 7 nitrogen and oxygen atoms in total. The van der Waals surface area contributed by atoms with Crippen molar-refractivity contribution in [1.82, 2.24) is 4.90 Å². The maximum Gasteiger partial charge on any atom is 0.410 e. The highest BCUT2D eigenvalue weighted by Gasteiger charge is 2.43. The van der Waals surface area contributed by atoms with Crippen LogP contribution in [0.25, 0.3) is 0 Å². The third-order valence-corrected chi connectivity index (χ3v) is 6.75. The number of anilines is 4. The van der Waals surface area contributed by atoms with E-state index in [0.717, 1.165) is 61.4 Å². The van der Waals surface area contributed by atoms with Gasteiger partial charge in [-0.2, -0.15) is 0 Å². The Hall–Kier alpha value is -3.09. The van der Waals surface area contributed by atoms with E-state index in [1.54, 1.807) is 0 Å². The molecule has 172 valence electrons. The third kappa shape index (κ3) is 5.21. The third-order valence-electron chi connectivity index (χ3n) is 6.75. The number of benzene rings is 2. The molecule has 1 aliphatic carbocycles. The standard InChI is InChI=1S/C25H35N5O2/c1-2-32-25(31)30-16-15-23(29-22-13-7-19(27)8-14-22)24(30)17-3-9-20(10-4-17)28-21-11-5-18(26)6-12-21/h5-8,11-14,17,20,23-24,28-29H,2-4,9-10,15-16,26-27H2,1H3/t17?,20?,23?,24-/m0/s1. The van der Waals surface area contributed by atoms with Crippen molar-refractivity contribution in [2.45, 2.75) is 57.2 Å². The molecule has 1 heterocycles. The first-order chi connectivity index (χ1) is 15.5. The predicted molar refractivity (Wildman–Crippen MR) is 131 cm³/mol. The number of nitrogens with one attached hydrogen (secondary N) is 2. The summed E-state index contributed by atoms with van der Waals surface area (Å²) in [5.41, 5.74) is 15.3. The number of amides is 1. The summed E-state index contributed by atoms with van der Waals surface area (Å²) in [6.07, 6.45) is 5.03. The van der Waals surface area contributed by atoms with Crippen molar-refractivity contribution in [3.63, 3.8) is 0 Å². The molecule has 0 radical (unpaired) electrons. The molecule has 2 aromatic rings. The average molecular weight is 438 g/mol. The van der Waals surface area contributed by atoms with Gasteiger partial charge >= 0.3 is 6.09 Å². The number of carbonyl (C=O) groups excluding carboxylic acids is 1. The molecule has 2 aromatic carbocycles. The van der Waals surface area contributed by atoms with E-state index in [0.29, 0.717) is 18.6 Å². The van der Waals surface area contributed by atoms with Crippen molar-refractivity contribution in [2.24, 2.45) is 5.92 Å². The number of likely N-dealkylation sites (tertiary alicyclic amines) is 1. The molecule has 1 saturated carbocycles. The van der Waals surface area contributed by atoms with Crippen molar-refractivity contribution >= 4 is 28.8 Å². The average Bonchev–Trinajstić information content (AvgIpc) is 3.21. The molecule has 2 atom stereocenters. The summed E-state index contributed by atoms with van der Waals surface area (Å²) in [6, 6.07) is 16.5. The number of nitrogen functional groups attached to an aromatic ring is 2. The molecule has 1 aliphatic heterocycles. The van der Waals surface area contributed by atoms with Gasteiger partial charge in [0, 0.05) is 41.4 Å². The summed E-state index contributed by atoms with van der Waals surface area (Å²) in [5, 5.41) is 7.31. The van der Waals surface area contributed by atoms with Crippen LogP contribution in [-0.4, -0.2) is 42.3 Å². The number of nitrogens with two attached hydrogens (primary N) is 2. The first-order valence-corrected chi connectivity index (χ1v) is 11.7. The number of nitrogens with zero attached hydrogens (tertiary/aromatic N) is 1. The highest BCUT2D eigenvalue weighted by atomic mass is 16.6. The number of hydrogen-bond donors (Lipinski definition) is 4. The number of rotatable bonds is 6. The van der Waals surface area contributed by atoms with Crippen LogP contribution >= 0.6 is 0 Å². The van der Waals surface area contributed by atoms with Gasteiger partial charge in [0.1, 0.15) is 0 Å². The van der Waals surface area contributed by atoms with Gasteiger partial charge in [-0.3, -0.25) is 0 Å². The van der Waals surface area contributed by atoms with E-state index in [-0.39, 0.29) is 18.2 Å². The molecule has 0 bridgehead atoms. The second kappa shape index (κ2) is 10.0. The molecule has 0 spiro atoms. The fourth-order valence-corrected chi connectivity index (χ4v) is 5.19. The Morgan fingerprint density at radius 1 is 0.906 bits per heavy atom. The van der Waals surface area contributed by atoms with E-state index < -0.39 is 0 Å². The van der Waals surface area contributed by atoms with Gasteiger partial charge in [0.15, 0.2) is 0 Å². The van der Waals surface area contributed by atoms with E-state index >= 15 is 0 Å². The largest absolute Gasteiger partial charge is 0.450 e. The number of hydrogen-bond acceptors (Lipinski definition) is 6. The lowest BCUT2D eigenvalue weighted by molar-refractivity contribution is 0.0831. The highest BCUT2D eigenvalue weighted by Crippen LogP contribution is 2.37. The number of ether oxygens (including phenoxy) is 1. The highest BCUT2D eigenvalue weighted by molar-refractivity contribution is 5.69. The van der Waals surface area contributed by atoms with E-state index in [2.05, 4.69) is 10.6 Å². The van der Waals surface area contributed by atoms with Gasteiger partial charge in [-0.1, -0.05) is 0 Å². The van der Waals surface area contributed by atoms with Crippen molar-refractivity contribution in [2.75, 3.05) is 35.3 Å². The quantitative estimate of drug-likeness (QED) is 0.495. The Morgan fingerprint density at radius 2 is 1.47 bits per heavy atom. The van der Waals surface area contributed by atoms with Crippen LogP contribution < -0.4 is 22.1 Å². The lowest BCUT2D eigenvalue weighted by Crippen LogP contribution is -2.48. The Morgan fingerprint density at radius 3 is 2.03 bits per heavy atom. The van der Waals surface area contributed by atoms with Crippen molar-refractivity contribution in [1.29, 1.82) is 0 Å². The predicted octanol–water partition coefficient (Wildman–Crippen LogP) is 4.53. The van der Waals surface area contributed by atoms with Crippen LogP contribution in [0.2, 0.25) is 0 Å². The Bertz CT molecular complexity index is 878. The molecule has 1 saturated heterocycles. The van der Waals surface area contributed by atoms with Gasteiger partial charge in [0.2, 0.25) is 0 Å². The molecule has 32 heavy (non-hydrogen) atoms. The van der Waals surface area contributed by atoms with E-state index in [4.69, 9.17) is 16.2 Å².